The molecule has 0 aliphatic rings. The molecule has 29 heavy (non-hydrogen) atoms. The average Bonchev–Trinajstić information content (AvgIpc) is 3.41. The molecule has 2 aromatic carbocycles. The summed E-state index contributed by atoms with van der Waals surface area (Å²) in [5, 5.41) is 5.02. The predicted octanol–water partition coefficient (Wildman–Crippen LogP) is 4.59. The summed E-state index contributed by atoms with van der Waals surface area (Å²) in [5.74, 6) is 1.81. The lowest BCUT2D eigenvalue weighted by molar-refractivity contribution is 0.571. The highest BCUT2D eigenvalue weighted by Gasteiger charge is 2.12. The fourth-order valence-corrected chi connectivity index (χ4v) is 4.09. The van der Waals surface area contributed by atoms with Gasteiger partial charge >= 0.3 is 0 Å². The molecule has 0 aliphatic heterocycles. The van der Waals surface area contributed by atoms with Gasteiger partial charge in [0.25, 0.3) is 5.56 Å². The van der Waals surface area contributed by atoms with Crippen molar-refractivity contribution in [1.29, 1.82) is 0 Å². The van der Waals surface area contributed by atoms with Gasteiger partial charge in [-0.05, 0) is 31.2 Å². The molecule has 7 heteroatoms. The van der Waals surface area contributed by atoms with Gasteiger partial charge in [-0.25, -0.2) is 0 Å². The van der Waals surface area contributed by atoms with E-state index in [-0.39, 0.29) is 5.56 Å². The zero-order valence-electron chi connectivity index (χ0n) is 15.3. The van der Waals surface area contributed by atoms with Crippen molar-refractivity contribution in [2.75, 3.05) is 0 Å². The van der Waals surface area contributed by atoms with Crippen LogP contribution in [0, 0.1) is 6.92 Å². The van der Waals surface area contributed by atoms with Crippen molar-refractivity contribution < 1.29 is 4.42 Å². The molecule has 0 bridgehead atoms. The fraction of sp³-hybridized carbons (Fsp3) is 0.0455. The molecule has 0 saturated heterocycles. The Morgan fingerprint density at radius 2 is 1.90 bits per heavy atom. The molecule has 5 aromatic rings. The molecule has 0 spiro atoms. The van der Waals surface area contributed by atoms with Crippen LogP contribution < -0.4 is 10.1 Å². The summed E-state index contributed by atoms with van der Waals surface area (Å²) in [7, 11) is 0. The van der Waals surface area contributed by atoms with E-state index < -0.39 is 0 Å². The molecule has 3 heterocycles. The summed E-state index contributed by atoms with van der Waals surface area (Å²) < 4.78 is 7.72. The van der Waals surface area contributed by atoms with E-state index in [0.29, 0.717) is 31.9 Å². The molecule has 0 saturated carbocycles. The summed E-state index contributed by atoms with van der Waals surface area (Å²) in [6, 6.07) is 19.0. The van der Waals surface area contributed by atoms with Crippen LogP contribution in [0.1, 0.15) is 11.3 Å². The lowest BCUT2D eigenvalue weighted by atomic mass is 10.1. The number of rotatable bonds is 3. The van der Waals surface area contributed by atoms with Gasteiger partial charge in [0.15, 0.2) is 5.82 Å². The summed E-state index contributed by atoms with van der Waals surface area (Å²) >= 11 is 7.33. The highest BCUT2D eigenvalue weighted by Crippen LogP contribution is 2.25. The number of aryl methyl sites for hydroxylation is 1. The molecule has 142 valence electrons. The van der Waals surface area contributed by atoms with E-state index in [2.05, 4.69) is 10.1 Å². The van der Waals surface area contributed by atoms with Gasteiger partial charge in [0.05, 0.1) is 0 Å². The average molecular weight is 420 g/mol. The Hall–Kier alpha value is -3.22. The Kier molecular flexibility index (Phi) is 4.30. The van der Waals surface area contributed by atoms with E-state index in [4.69, 9.17) is 16.0 Å². The molecule has 5 rings (SSSR count). The normalized spacial score (nSPS) is 12.1. The number of aromatic nitrogens is 3. The molecule has 0 unspecified atom stereocenters. The van der Waals surface area contributed by atoms with Crippen LogP contribution in [0.3, 0.4) is 0 Å². The molecule has 0 N–H and O–H groups in total. The second-order valence-corrected chi connectivity index (χ2v) is 8.07. The smallest absolute Gasteiger partial charge is 0.291 e. The highest BCUT2D eigenvalue weighted by molar-refractivity contribution is 7.15. The number of furan rings is 1. The Labute approximate surface area is 174 Å². The van der Waals surface area contributed by atoms with Crippen LogP contribution in [0.5, 0.6) is 0 Å². The first kappa shape index (κ1) is 17.8. The van der Waals surface area contributed by atoms with Gasteiger partial charge in [0.1, 0.15) is 16.1 Å². The van der Waals surface area contributed by atoms with Gasteiger partial charge in [0.2, 0.25) is 4.96 Å². The quantitative estimate of drug-likeness (QED) is 0.429. The van der Waals surface area contributed by atoms with Crippen molar-refractivity contribution in [3.05, 3.63) is 91.9 Å². The molecule has 0 fully saturated rings. The molecule has 0 radical (unpaired) electrons. The minimum atomic E-state index is -0.212. The summed E-state index contributed by atoms with van der Waals surface area (Å²) in [6.45, 7) is 2.02. The van der Waals surface area contributed by atoms with E-state index in [1.54, 1.807) is 6.08 Å². The Balaban J connectivity index is 1.52. The number of thiazole rings is 1. The fourth-order valence-electron chi connectivity index (χ4n) is 3.02. The Morgan fingerprint density at radius 1 is 1.07 bits per heavy atom. The third-order valence-corrected chi connectivity index (χ3v) is 5.70. The van der Waals surface area contributed by atoms with Crippen molar-refractivity contribution in [3.63, 3.8) is 0 Å². The van der Waals surface area contributed by atoms with E-state index in [1.807, 2.05) is 67.6 Å². The van der Waals surface area contributed by atoms with Crippen LogP contribution in [0.4, 0.5) is 0 Å². The van der Waals surface area contributed by atoms with Gasteiger partial charge in [-0.3, -0.25) is 4.79 Å². The summed E-state index contributed by atoms with van der Waals surface area (Å²) in [4.78, 5) is 17.8. The molecule has 0 atom stereocenters. The van der Waals surface area contributed by atoms with Crippen molar-refractivity contribution in [2.45, 2.75) is 6.92 Å². The lowest BCUT2D eigenvalue weighted by Crippen LogP contribution is -2.23. The second kappa shape index (κ2) is 6.99. The van der Waals surface area contributed by atoms with Crippen LogP contribution in [0.25, 0.3) is 33.7 Å². The van der Waals surface area contributed by atoms with Gasteiger partial charge in [-0.2, -0.15) is 9.50 Å². The van der Waals surface area contributed by atoms with E-state index >= 15 is 0 Å². The monoisotopic (exact) mass is 419 g/mol. The SMILES string of the molecule is Cc1ccc(-c2nc3s/c(=C\c4ccc(-c5cccc(Cl)c5)o4)c(=O)n3n2)cc1. The summed E-state index contributed by atoms with van der Waals surface area (Å²) in [6.07, 6.45) is 1.71. The van der Waals surface area contributed by atoms with Crippen LogP contribution in [0.15, 0.2) is 69.9 Å². The van der Waals surface area contributed by atoms with Gasteiger partial charge < -0.3 is 4.42 Å². The van der Waals surface area contributed by atoms with Crippen molar-refractivity contribution in [2.24, 2.45) is 0 Å². The van der Waals surface area contributed by atoms with Crippen LogP contribution in [0.2, 0.25) is 5.02 Å². The number of hydrogen-bond donors (Lipinski definition) is 0. The number of halogens is 1. The third kappa shape index (κ3) is 3.37. The second-order valence-electron chi connectivity index (χ2n) is 6.62. The minimum absolute atomic E-state index is 0.212. The maximum atomic E-state index is 12.7. The van der Waals surface area contributed by atoms with Gasteiger partial charge in [0, 0.05) is 22.2 Å². The first-order chi connectivity index (χ1) is 14.1. The molecule has 5 nitrogen and oxygen atoms in total. The standard InChI is InChI=1S/C22H14ClN3O2S/c1-13-5-7-14(8-6-13)20-24-22-26(25-20)21(27)19(29-22)12-17-9-10-18(28-17)15-3-2-4-16(23)11-15/h2-12H,1H3/b19-12-. The van der Waals surface area contributed by atoms with Crippen molar-refractivity contribution in [1.82, 2.24) is 14.6 Å². The maximum Gasteiger partial charge on any atom is 0.291 e. The number of nitrogens with zero attached hydrogens (tertiary/aromatic N) is 3. The first-order valence-corrected chi connectivity index (χ1v) is 10.1. The topological polar surface area (TPSA) is 60.4 Å². The maximum absolute atomic E-state index is 12.7. The zero-order valence-corrected chi connectivity index (χ0v) is 16.9. The number of fused-ring (bicyclic) bond motifs is 1. The number of benzene rings is 2. The van der Waals surface area contributed by atoms with E-state index in [9.17, 15) is 4.79 Å². The third-order valence-electron chi connectivity index (χ3n) is 4.50. The largest absolute Gasteiger partial charge is 0.457 e. The minimum Gasteiger partial charge on any atom is -0.457 e. The molecular weight excluding hydrogens is 406 g/mol. The van der Waals surface area contributed by atoms with Gasteiger partial charge in [-0.15, -0.1) is 5.10 Å². The van der Waals surface area contributed by atoms with Gasteiger partial charge in [-0.1, -0.05) is 64.9 Å². The van der Waals surface area contributed by atoms with E-state index in [1.165, 1.54) is 15.9 Å². The molecule has 0 aliphatic carbocycles. The van der Waals surface area contributed by atoms with Crippen LogP contribution in [-0.4, -0.2) is 14.6 Å². The van der Waals surface area contributed by atoms with Crippen LogP contribution in [-0.2, 0) is 0 Å². The molecule has 3 aromatic heterocycles. The zero-order chi connectivity index (χ0) is 20.0. The van der Waals surface area contributed by atoms with E-state index in [0.717, 1.165) is 16.7 Å². The highest BCUT2D eigenvalue weighted by atomic mass is 35.5. The van der Waals surface area contributed by atoms with Crippen molar-refractivity contribution >= 4 is 34.0 Å². The van der Waals surface area contributed by atoms with Crippen LogP contribution >= 0.6 is 22.9 Å². The molecule has 0 amide bonds. The summed E-state index contributed by atoms with van der Waals surface area (Å²) in [5.41, 5.74) is 2.71. The predicted molar refractivity (Wildman–Crippen MR) is 115 cm³/mol. The number of hydrogen-bond acceptors (Lipinski definition) is 5. The first-order valence-electron chi connectivity index (χ1n) is 8.91. The van der Waals surface area contributed by atoms with Crippen molar-refractivity contribution in [3.8, 4) is 22.7 Å². The Bertz CT molecular complexity index is 1450. The lowest BCUT2D eigenvalue weighted by Gasteiger charge is -1.96. The Morgan fingerprint density at radius 3 is 2.66 bits per heavy atom. The molecular formula is C22H14ClN3O2S.